The van der Waals surface area contributed by atoms with Gasteiger partial charge < -0.3 is 53.4 Å². The van der Waals surface area contributed by atoms with Gasteiger partial charge in [-0.1, -0.05) is 6.66 Å². The second-order valence-electron chi connectivity index (χ2n) is 17.9. The van der Waals surface area contributed by atoms with E-state index < -0.39 is 29.9 Å². The Morgan fingerprint density at radius 2 is 1.18 bits per heavy atom. The molecule has 2 atom stereocenters. The maximum Gasteiger partial charge on any atom is 2.00 e. The molecule has 0 aliphatic carbocycles. The van der Waals surface area contributed by atoms with Crippen LogP contribution in [0, 0.1) is 45.1 Å². The molecule has 8 aromatic rings. The van der Waals surface area contributed by atoms with Crippen LogP contribution >= 0.6 is 112 Å². The van der Waals surface area contributed by atoms with E-state index in [9.17, 15) is 31.9 Å². The average Bonchev–Trinajstić information content (AvgIpc) is 1.62. The van der Waals surface area contributed by atoms with Crippen LogP contribution in [-0.2, 0) is 23.6 Å². The molecule has 8 aromatic heterocycles. The predicted molar refractivity (Wildman–Crippen MR) is 378 cm³/mol. The molecule has 0 aromatic carbocycles. The number of ketones is 1. The molecule has 2 aliphatic heterocycles. The molecule has 0 amide bonds. The summed E-state index contributed by atoms with van der Waals surface area (Å²) < 4.78 is 80.8. The molecule has 512 valence electrons. The number of aliphatic hydroxyl groups is 2. The number of ether oxygens (including phenoxy) is 2. The molecule has 2 saturated heterocycles. The molecule has 0 saturated carbocycles. The smallest absolute Gasteiger partial charge is 1.00 e. The number of nitrogens with zero attached hydrogens (tertiary/aromatic N) is 8. The Morgan fingerprint density at radius 3 is 1.55 bits per heavy atom. The molecule has 2 unspecified atom stereocenters. The van der Waals surface area contributed by atoms with Gasteiger partial charge in [0.05, 0.1) is 41.7 Å². The van der Waals surface area contributed by atoms with Gasteiger partial charge in [-0.05, 0) is 204 Å². The third-order valence-corrected chi connectivity index (χ3v) is 13.1. The van der Waals surface area contributed by atoms with Gasteiger partial charge >= 0.3 is 30.2 Å². The Balaban J connectivity index is -0.000000320. The monoisotopic (exact) mass is 1760 g/mol. The predicted octanol–water partition coefficient (Wildman–Crippen LogP) is 10.4. The van der Waals surface area contributed by atoms with Gasteiger partial charge in [0.2, 0.25) is 23.8 Å². The Morgan fingerprint density at radius 1 is 0.763 bits per heavy atom. The number of nitrogens with one attached hydrogen (secondary N) is 2. The fourth-order valence-corrected chi connectivity index (χ4v) is 7.59. The zero-order chi connectivity index (χ0) is 69.9. The minimum atomic E-state index is -0.819. The van der Waals surface area contributed by atoms with Crippen molar-refractivity contribution >= 4 is 188 Å². The second kappa shape index (κ2) is 55.8. The zero-order valence-corrected chi connectivity index (χ0v) is 66.4. The van der Waals surface area contributed by atoms with Crippen LogP contribution in [0.1, 0.15) is 112 Å². The number of aryl methyl sites for hydroxylation is 2. The molecule has 2 fully saturated rings. The molecule has 21 nitrogen and oxygen atoms in total. The Hall–Kier alpha value is -3.19. The number of aromatic nitrogens is 10. The standard InChI is InChI=1S/C13H18BN3O2.C7H7BrFNO.C7H5BrFNO.C7H6BrN3.C6H3BrFNO.C5H3BrFN.C4H8O.C3H6O2.C2H6O.CH2Cl2.CH5P.CH3.BrH.Mg.H4N2/c1-8-10-6-9(7-15-11(10)17-16-8)14-18-12(2,3)13(4,5)19-14;2*1-4(11)6-2-5(8)3-10-7(6)9;1-4-6-2-5(8)3-9-7(6)11-10-4;7-5-1-4(3-10)6(8)9-2-5;6-4-1-2-5(7)8-3-4;1-2-4-5-3-1;1-2-5-3-4;1-2-3;2-1-3;1-2;;;;1-2/h6-7H,1-5H3,(H,15,16,17);2-4,11H,1H3;2-3H,1H3;2-3H,1H3,(H,9,10,11);1-3H;1-3H;1-4H2;3H,2H2,1H3;3H,2H2,1H3;1H2;2H2,1H3;1H3;1H;;1-2H2/q;;;;;;;;;;;-1;;+2;/p-1/i;;;;;;;;;;2D;;;;. The summed E-state index contributed by atoms with van der Waals surface area (Å²) in [4.78, 5) is 51.9. The van der Waals surface area contributed by atoms with E-state index in [0.717, 1.165) is 61.1 Å². The van der Waals surface area contributed by atoms with Crippen LogP contribution in [0.2, 0.25) is 0 Å². The van der Waals surface area contributed by atoms with Gasteiger partial charge in [-0.25, -0.2) is 29.9 Å². The van der Waals surface area contributed by atoms with Crippen molar-refractivity contribution in [2.75, 3.05) is 38.4 Å². The number of pyridine rings is 6. The summed E-state index contributed by atoms with van der Waals surface area (Å²) in [6, 6.07) is 11.2. The first kappa shape index (κ1) is 96.2. The van der Waals surface area contributed by atoms with Gasteiger partial charge in [0, 0.05) is 113 Å². The third kappa shape index (κ3) is 39.7. The molecular weight excluding hydrogens is 1690 g/mol. The average molecular weight is 1770 g/mol. The molecule has 8 N–H and O–H groups in total. The van der Waals surface area contributed by atoms with Crippen molar-refractivity contribution in [3.8, 4) is 0 Å². The van der Waals surface area contributed by atoms with E-state index in [-0.39, 0.29) is 100 Å². The fourth-order valence-electron chi connectivity index (χ4n) is 6.00. The third-order valence-electron chi connectivity index (χ3n) is 10.9. The van der Waals surface area contributed by atoms with Gasteiger partial charge in [-0.15, -0.1) is 32.4 Å². The number of carbonyl (C=O) groups excluding carboxylic acids is 3. The van der Waals surface area contributed by atoms with Crippen molar-refractivity contribution in [2.45, 2.75) is 99.4 Å². The molecule has 2 aliphatic rings. The van der Waals surface area contributed by atoms with Crippen LogP contribution in [-0.4, -0.2) is 160 Å². The second-order valence-corrected chi connectivity index (χ2v) is 23.3. The van der Waals surface area contributed by atoms with Crippen molar-refractivity contribution in [1.82, 2.24) is 50.3 Å². The van der Waals surface area contributed by atoms with Crippen LogP contribution in [0.3, 0.4) is 0 Å². The van der Waals surface area contributed by atoms with Gasteiger partial charge in [-0.3, -0.25) is 36.3 Å². The van der Waals surface area contributed by atoms with Crippen LogP contribution < -0.4 is 34.1 Å². The van der Waals surface area contributed by atoms with E-state index >= 15 is 0 Å². The number of alkyl halides is 2. The molecule has 0 radical (unpaired) electrons. The summed E-state index contributed by atoms with van der Waals surface area (Å²) in [5.41, 5.74) is 3.98. The SMILES string of the molecule is C1CCOC1.CC(=O)c1cc(Br)cnc1F.CC(O)c1cc(Br)cnc1F.CCO.CCOC=O.Cc1[nH]nc2ncc(B3OC(C)(C)C(C)(C)O3)cc12.Cc1[nH]nc2ncc(Br)cc12.ClCCl.Fc1ccc(Br)cn1.NN.O=Cc1cc(Br)cnc1F.[2H]PC.[Br-].[CH3-].[Mg+2]. The minimum Gasteiger partial charge on any atom is -1.00 e. The van der Waals surface area contributed by atoms with Crippen molar-refractivity contribution in [3.63, 3.8) is 0 Å². The largest absolute Gasteiger partial charge is 2.00 e. The van der Waals surface area contributed by atoms with E-state index in [4.69, 9.17) is 48.7 Å². The fraction of sp³-hybridized carbons (Fsp3) is 0.368. The van der Waals surface area contributed by atoms with E-state index in [1.807, 2.05) is 60.3 Å². The van der Waals surface area contributed by atoms with E-state index in [1.54, 1.807) is 32.3 Å². The number of rotatable bonds is 6. The maximum absolute atomic E-state index is 12.7. The first-order valence-corrected chi connectivity index (χ1v) is 32.3. The number of aromatic amines is 2. The Labute approximate surface area is 622 Å². The molecule has 0 bridgehead atoms. The number of aliphatic hydroxyl groups excluding tert-OH is 2. The van der Waals surface area contributed by atoms with Crippen molar-refractivity contribution in [2.24, 2.45) is 11.7 Å². The number of Topliss-reactive ketones (excluding diaryl/α,β-unsaturated/α-hetero) is 1. The number of halogens is 12. The van der Waals surface area contributed by atoms with Gasteiger partial charge in [-0.2, -0.15) is 27.8 Å². The number of aldehydes is 1. The Bertz CT molecular complexity index is 3310. The molecular formula is C57H76BBr6Cl2F4MgN12O9P. The summed E-state index contributed by atoms with van der Waals surface area (Å²) in [7, 11) is -0.0452. The number of hydrogen-bond donors (Lipinski definition) is 6. The van der Waals surface area contributed by atoms with Crippen molar-refractivity contribution < 1.29 is 77.9 Å². The zero-order valence-electron chi connectivity index (χ0n) is 54.0. The van der Waals surface area contributed by atoms with Crippen LogP contribution in [0.25, 0.3) is 22.1 Å². The van der Waals surface area contributed by atoms with Crippen LogP contribution in [0.15, 0.2) is 102 Å². The van der Waals surface area contributed by atoms with Crippen molar-refractivity contribution in [3.05, 3.63) is 161 Å². The van der Waals surface area contributed by atoms with E-state index in [0.29, 0.717) is 42.0 Å². The normalized spacial score (nSPS) is 12.5. The van der Waals surface area contributed by atoms with Crippen LogP contribution in [0.4, 0.5) is 17.6 Å². The first-order valence-electron chi connectivity index (χ1n) is 26.7. The van der Waals surface area contributed by atoms with Gasteiger partial charge in [0.1, 0.15) is 0 Å². The van der Waals surface area contributed by atoms with E-state index in [1.165, 1.54) is 75.7 Å². The topological polar surface area (TPSA) is 315 Å². The summed E-state index contributed by atoms with van der Waals surface area (Å²) in [6.45, 7) is 23.3. The minimum absolute atomic E-state index is 0. The molecule has 93 heavy (non-hydrogen) atoms. The first-order chi connectivity index (χ1) is 43.0. The maximum atomic E-state index is 12.7. The summed E-state index contributed by atoms with van der Waals surface area (Å²) in [5, 5.41) is 32.8. The Kier molecular flexibility index (Phi) is 57.7. The quantitative estimate of drug-likeness (QED) is 0.00861. The number of fused-ring (bicyclic) bond motifs is 2. The summed E-state index contributed by atoms with van der Waals surface area (Å²) in [5.74, 6) is 5.15. The number of hydrazine groups is 1. The number of nitrogens with two attached hydrogens (primary N) is 2. The van der Waals surface area contributed by atoms with Crippen molar-refractivity contribution in [1.29, 1.82) is 1.28 Å². The van der Waals surface area contributed by atoms with E-state index in [2.05, 4.69) is 146 Å². The molecule has 0 spiro atoms. The molecule has 10 rings (SSSR count). The number of carbonyl (C=O) groups is 3. The molecule has 10 heterocycles. The summed E-state index contributed by atoms with van der Waals surface area (Å²) >= 11 is 25.2. The van der Waals surface area contributed by atoms with Crippen LogP contribution in [0.5, 0.6) is 0 Å². The van der Waals surface area contributed by atoms with Gasteiger partial charge in [0.15, 0.2) is 23.4 Å². The number of hydrogen-bond acceptors (Lipinski definition) is 19. The number of H-pyrrole nitrogens is 2. The molecule has 36 heteroatoms. The summed E-state index contributed by atoms with van der Waals surface area (Å²) in [6.07, 6.45) is 11.0. The van der Waals surface area contributed by atoms with Gasteiger partial charge in [0.25, 0.3) is 6.47 Å².